The Kier molecular flexibility index (Phi) is 4.18. The van der Waals surface area contributed by atoms with E-state index in [1.165, 1.54) is 24.8 Å². The number of nitrogens with two attached hydrogens (primary N) is 1. The van der Waals surface area contributed by atoms with Gasteiger partial charge in [0.1, 0.15) is 0 Å². The summed E-state index contributed by atoms with van der Waals surface area (Å²) in [5.74, 6) is 2.23. The zero-order valence-electron chi connectivity index (χ0n) is 11.6. The van der Waals surface area contributed by atoms with Crippen LogP contribution in [0.3, 0.4) is 0 Å². The summed E-state index contributed by atoms with van der Waals surface area (Å²) >= 11 is 3.54. The van der Waals surface area contributed by atoms with Gasteiger partial charge in [-0.25, -0.2) is 0 Å². The van der Waals surface area contributed by atoms with Crippen molar-refractivity contribution in [3.05, 3.63) is 34.3 Å². The molecule has 0 amide bonds. The Morgan fingerprint density at radius 2 is 1.94 bits per heavy atom. The lowest BCUT2D eigenvalue weighted by Crippen LogP contribution is -2.44. The molecule has 1 aliphatic rings. The van der Waals surface area contributed by atoms with Crippen molar-refractivity contribution in [1.82, 2.24) is 0 Å². The zero-order chi connectivity index (χ0) is 13.3. The maximum atomic E-state index is 6.67. The van der Waals surface area contributed by atoms with E-state index in [1.54, 1.807) is 0 Å². The second-order valence-electron chi connectivity index (χ2n) is 6.26. The topological polar surface area (TPSA) is 26.0 Å². The molecule has 0 heterocycles. The van der Waals surface area contributed by atoms with Crippen LogP contribution in [0, 0.1) is 17.8 Å². The molecule has 0 aliphatic heterocycles. The monoisotopic (exact) mass is 309 g/mol. The molecule has 1 aliphatic carbocycles. The Morgan fingerprint density at radius 3 is 2.56 bits per heavy atom. The van der Waals surface area contributed by atoms with Crippen LogP contribution in [0.4, 0.5) is 0 Å². The molecule has 0 bridgehead atoms. The summed E-state index contributed by atoms with van der Waals surface area (Å²) in [6, 6.07) is 8.47. The standard InChI is InChI=1S/C16H24BrN/c1-11-7-8-14(9-12(11)2)16(3,18)13-5-4-6-15(17)10-13/h4-6,10-12,14H,7-9,18H2,1-3H3. The van der Waals surface area contributed by atoms with Gasteiger partial charge in [-0.1, -0.05) is 48.3 Å². The van der Waals surface area contributed by atoms with Crippen LogP contribution in [0.1, 0.15) is 45.6 Å². The van der Waals surface area contributed by atoms with Gasteiger partial charge in [0.25, 0.3) is 0 Å². The minimum Gasteiger partial charge on any atom is -0.321 e. The molecule has 0 aromatic heterocycles. The van der Waals surface area contributed by atoms with E-state index in [2.05, 4.69) is 61.0 Å². The van der Waals surface area contributed by atoms with E-state index < -0.39 is 0 Å². The molecule has 1 nitrogen and oxygen atoms in total. The highest BCUT2D eigenvalue weighted by Crippen LogP contribution is 2.42. The number of rotatable bonds is 2. The first-order valence-corrected chi connectivity index (χ1v) is 7.75. The van der Waals surface area contributed by atoms with Crippen LogP contribution in [0.15, 0.2) is 28.7 Å². The molecular formula is C16H24BrN. The molecule has 0 radical (unpaired) electrons. The second-order valence-corrected chi connectivity index (χ2v) is 7.17. The number of benzene rings is 1. The number of halogens is 1. The summed E-state index contributed by atoms with van der Waals surface area (Å²) in [5, 5.41) is 0. The summed E-state index contributed by atoms with van der Waals surface area (Å²) in [6.07, 6.45) is 3.82. The van der Waals surface area contributed by atoms with Crippen LogP contribution in [-0.4, -0.2) is 0 Å². The SMILES string of the molecule is CC1CCC(C(C)(N)c2cccc(Br)c2)CC1C. The first-order chi connectivity index (χ1) is 8.41. The molecule has 4 unspecified atom stereocenters. The maximum absolute atomic E-state index is 6.67. The van der Waals surface area contributed by atoms with E-state index in [0.29, 0.717) is 5.92 Å². The first-order valence-electron chi connectivity index (χ1n) is 6.96. The quantitative estimate of drug-likeness (QED) is 0.842. The van der Waals surface area contributed by atoms with Crippen molar-refractivity contribution in [1.29, 1.82) is 0 Å². The third-order valence-corrected chi connectivity index (χ3v) is 5.39. The molecule has 1 fully saturated rings. The van der Waals surface area contributed by atoms with E-state index >= 15 is 0 Å². The zero-order valence-corrected chi connectivity index (χ0v) is 13.2. The van der Waals surface area contributed by atoms with Crippen molar-refractivity contribution >= 4 is 15.9 Å². The summed E-state index contributed by atoms with van der Waals surface area (Å²) in [4.78, 5) is 0. The minimum absolute atomic E-state index is 0.210. The van der Waals surface area contributed by atoms with E-state index in [0.717, 1.165) is 16.3 Å². The van der Waals surface area contributed by atoms with Gasteiger partial charge in [-0.3, -0.25) is 0 Å². The van der Waals surface area contributed by atoms with Crippen LogP contribution in [-0.2, 0) is 5.54 Å². The van der Waals surface area contributed by atoms with E-state index in [1.807, 2.05) is 0 Å². The molecule has 1 aromatic rings. The molecule has 1 aromatic carbocycles. The lowest BCUT2D eigenvalue weighted by atomic mass is 9.67. The van der Waals surface area contributed by atoms with Gasteiger partial charge in [-0.15, -0.1) is 0 Å². The largest absolute Gasteiger partial charge is 0.321 e. The van der Waals surface area contributed by atoms with E-state index in [9.17, 15) is 0 Å². The van der Waals surface area contributed by atoms with Crippen molar-refractivity contribution in [3.8, 4) is 0 Å². The van der Waals surface area contributed by atoms with Crippen molar-refractivity contribution in [2.45, 2.75) is 45.6 Å². The normalized spacial score (nSPS) is 31.9. The highest BCUT2D eigenvalue weighted by atomic mass is 79.9. The van der Waals surface area contributed by atoms with Crippen molar-refractivity contribution in [2.75, 3.05) is 0 Å². The highest BCUT2D eigenvalue weighted by Gasteiger charge is 2.36. The number of hydrogen-bond donors (Lipinski definition) is 1. The van der Waals surface area contributed by atoms with Gasteiger partial charge < -0.3 is 5.73 Å². The molecule has 1 saturated carbocycles. The van der Waals surface area contributed by atoms with Crippen LogP contribution < -0.4 is 5.73 Å². The molecule has 4 atom stereocenters. The van der Waals surface area contributed by atoms with Gasteiger partial charge in [0.15, 0.2) is 0 Å². The minimum atomic E-state index is -0.210. The van der Waals surface area contributed by atoms with Crippen LogP contribution >= 0.6 is 15.9 Å². The molecular weight excluding hydrogens is 286 g/mol. The summed E-state index contributed by atoms with van der Waals surface area (Å²) in [7, 11) is 0. The van der Waals surface area contributed by atoms with E-state index in [-0.39, 0.29) is 5.54 Å². The fourth-order valence-electron chi connectivity index (χ4n) is 3.15. The molecule has 2 rings (SSSR count). The van der Waals surface area contributed by atoms with Crippen molar-refractivity contribution in [2.24, 2.45) is 23.5 Å². The predicted octanol–water partition coefficient (Wildman–Crippen LogP) is 4.70. The fourth-order valence-corrected chi connectivity index (χ4v) is 3.55. The Bertz CT molecular complexity index is 413. The third-order valence-electron chi connectivity index (χ3n) is 4.89. The molecule has 0 spiro atoms. The van der Waals surface area contributed by atoms with Crippen LogP contribution in [0.25, 0.3) is 0 Å². The predicted molar refractivity (Wildman–Crippen MR) is 81.4 cm³/mol. The Balaban J connectivity index is 2.20. The average Bonchev–Trinajstić information content (AvgIpc) is 2.32. The van der Waals surface area contributed by atoms with E-state index in [4.69, 9.17) is 5.73 Å². The fraction of sp³-hybridized carbons (Fsp3) is 0.625. The number of hydrogen-bond acceptors (Lipinski definition) is 1. The summed E-state index contributed by atoms with van der Waals surface area (Å²) in [6.45, 7) is 6.93. The average molecular weight is 310 g/mol. The van der Waals surface area contributed by atoms with Gasteiger partial charge in [0.05, 0.1) is 0 Å². The van der Waals surface area contributed by atoms with Crippen LogP contribution in [0.2, 0.25) is 0 Å². The molecule has 18 heavy (non-hydrogen) atoms. The molecule has 2 N–H and O–H groups in total. The highest BCUT2D eigenvalue weighted by molar-refractivity contribution is 9.10. The molecule has 100 valence electrons. The van der Waals surface area contributed by atoms with Gasteiger partial charge in [-0.05, 0) is 55.2 Å². The van der Waals surface area contributed by atoms with Gasteiger partial charge >= 0.3 is 0 Å². The molecule has 0 saturated heterocycles. The third kappa shape index (κ3) is 2.80. The van der Waals surface area contributed by atoms with Gasteiger partial charge in [0.2, 0.25) is 0 Å². The van der Waals surface area contributed by atoms with Gasteiger partial charge in [-0.2, -0.15) is 0 Å². The second kappa shape index (κ2) is 5.34. The Labute approximate surface area is 119 Å². The maximum Gasteiger partial charge on any atom is 0.0410 e. The lowest BCUT2D eigenvalue weighted by Gasteiger charge is -2.41. The van der Waals surface area contributed by atoms with Crippen LogP contribution in [0.5, 0.6) is 0 Å². The smallest absolute Gasteiger partial charge is 0.0410 e. The molecule has 2 heteroatoms. The van der Waals surface area contributed by atoms with Crippen molar-refractivity contribution < 1.29 is 0 Å². The Morgan fingerprint density at radius 1 is 1.22 bits per heavy atom. The summed E-state index contributed by atoms with van der Waals surface area (Å²) in [5.41, 5.74) is 7.71. The van der Waals surface area contributed by atoms with Crippen molar-refractivity contribution in [3.63, 3.8) is 0 Å². The lowest BCUT2D eigenvalue weighted by molar-refractivity contribution is 0.142. The van der Waals surface area contributed by atoms with Gasteiger partial charge in [0, 0.05) is 10.0 Å². The Hall–Kier alpha value is -0.340. The summed E-state index contributed by atoms with van der Waals surface area (Å²) < 4.78 is 1.12. The first kappa shape index (κ1) is 14.1.